The fraction of sp³-hybridized carbons (Fsp3) is 0. The quantitative estimate of drug-likeness (QED) is 0.240. The van der Waals surface area contributed by atoms with Gasteiger partial charge in [-0.2, -0.15) is 0 Å². The zero-order valence-electron chi connectivity index (χ0n) is 6.09. The van der Waals surface area contributed by atoms with E-state index in [4.69, 9.17) is 17.1 Å². The predicted molar refractivity (Wildman–Crippen MR) is 44.7 cm³/mol. The van der Waals surface area contributed by atoms with Crippen LogP contribution in [0, 0.1) is 10.1 Å². The number of hydrogen-bond acceptors (Lipinski definition) is 4. The Labute approximate surface area is 76.7 Å². The summed E-state index contributed by atoms with van der Waals surface area (Å²) in [4.78, 5) is 15.5. The number of halogens is 1. The topological polar surface area (TPSA) is 105 Å². The summed E-state index contributed by atoms with van der Waals surface area (Å²) in [5.74, 6) is -0.295. The molecule has 1 aromatic heterocycles. The molecule has 0 N–H and O–H groups in total. The maximum atomic E-state index is 10.4. The van der Waals surface area contributed by atoms with E-state index >= 15 is 0 Å². The lowest BCUT2D eigenvalue weighted by Gasteiger charge is -1.94. The van der Waals surface area contributed by atoms with Crippen molar-refractivity contribution in [3.8, 4) is 0 Å². The molecule has 0 saturated carbocycles. The fourth-order valence-corrected chi connectivity index (χ4v) is 0.827. The molecule has 1 heterocycles. The molecule has 7 nitrogen and oxygen atoms in total. The van der Waals surface area contributed by atoms with Gasteiger partial charge in [0.1, 0.15) is 0 Å². The maximum Gasteiger partial charge on any atom is 0.298 e. The van der Waals surface area contributed by atoms with E-state index in [1.165, 1.54) is 6.20 Å². The average Bonchev–Trinajstić information content (AvgIpc) is 2.08. The summed E-state index contributed by atoms with van der Waals surface area (Å²) in [5.41, 5.74) is 7.65. The van der Waals surface area contributed by atoms with E-state index in [0.717, 1.165) is 6.07 Å². The smallest absolute Gasteiger partial charge is 0.258 e. The second kappa shape index (κ2) is 3.70. The number of nitrogens with zero attached hydrogens (tertiary/aromatic N) is 5. The van der Waals surface area contributed by atoms with Gasteiger partial charge < -0.3 is 0 Å². The van der Waals surface area contributed by atoms with Crippen LogP contribution in [0.4, 0.5) is 11.5 Å². The summed E-state index contributed by atoms with van der Waals surface area (Å²) in [5, 5.41) is 13.5. The Morgan fingerprint density at radius 1 is 1.77 bits per heavy atom. The number of azide groups is 1. The van der Waals surface area contributed by atoms with Crippen LogP contribution in [0.3, 0.4) is 0 Å². The Hall–Kier alpha value is -1.85. The lowest BCUT2D eigenvalue weighted by Crippen LogP contribution is -1.89. The van der Waals surface area contributed by atoms with Crippen LogP contribution in [0.2, 0.25) is 5.02 Å². The van der Waals surface area contributed by atoms with Crippen LogP contribution in [-0.4, -0.2) is 9.91 Å². The number of aromatic nitrogens is 1. The molecule has 0 atom stereocenters. The van der Waals surface area contributed by atoms with Gasteiger partial charge in [0.2, 0.25) is 5.82 Å². The molecule has 8 heteroatoms. The molecule has 1 aromatic rings. The fourth-order valence-electron chi connectivity index (χ4n) is 0.675. The van der Waals surface area contributed by atoms with Gasteiger partial charge >= 0.3 is 0 Å². The van der Waals surface area contributed by atoms with Crippen molar-refractivity contribution in [3.63, 3.8) is 0 Å². The Bertz CT molecular complexity index is 400. The highest BCUT2D eigenvalue weighted by Gasteiger charge is 2.13. The normalized spacial score (nSPS) is 9.00. The second-order valence-electron chi connectivity index (χ2n) is 1.94. The Morgan fingerprint density at radius 2 is 2.46 bits per heavy atom. The van der Waals surface area contributed by atoms with Crippen LogP contribution >= 0.6 is 11.6 Å². The first-order valence-corrected chi connectivity index (χ1v) is 3.38. The highest BCUT2D eigenvalue weighted by Crippen LogP contribution is 2.27. The number of rotatable bonds is 2. The summed E-state index contributed by atoms with van der Waals surface area (Å²) in [6, 6.07) is 1.07. The van der Waals surface area contributed by atoms with Crippen LogP contribution < -0.4 is 0 Å². The molecule has 0 unspecified atom stereocenters. The van der Waals surface area contributed by atoms with Gasteiger partial charge in [-0.15, -0.1) is 0 Å². The minimum Gasteiger partial charge on any atom is -0.258 e. The van der Waals surface area contributed by atoms with E-state index in [-0.39, 0.29) is 10.8 Å². The van der Waals surface area contributed by atoms with E-state index in [9.17, 15) is 10.1 Å². The molecule has 0 radical (unpaired) electrons. The summed E-state index contributed by atoms with van der Waals surface area (Å²) < 4.78 is 0. The molecule has 0 aliphatic carbocycles. The summed E-state index contributed by atoms with van der Waals surface area (Å²) >= 11 is 5.46. The van der Waals surface area contributed by atoms with Gasteiger partial charge in [-0.3, -0.25) is 10.1 Å². The second-order valence-corrected chi connectivity index (χ2v) is 2.38. The van der Waals surface area contributed by atoms with Crippen molar-refractivity contribution in [2.75, 3.05) is 0 Å². The zero-order valence-corrected chi connectivity index (χ0v) is 6.84. The third-order valence-corrected chi connectivity index (χ3v) is 1.36. The molecule has 0 aliphatic heterocycles. The lowest BCUT2D eigenvalue weighted by molar-refractivity contribution is -0.384. The summed E-state index contributed by atoms with van der Waals surface area (Å²) in [7, 11) is 0. The van der Waals surface area contributed by atoms with Gasteiger partial charge in [0.15, 0.2) is 0 Å². The Kier molecular flexibility index (Phi) is 2.63. The summed E-state index contributed by atoms with van der Waals surface area (Å²) in [6.45, 7) is 0. The largest absolute Gasteiger partial charge is 0.298 e. The highest BCUT2D eigenvalue weighted by atomic mass is 35.5. The van der Waals surface area contributed by atoms with Crippen molar-refractivity contribution in [1.29, 1.82) is 0 Å². The molecule has 13 heavy (non-hydrogen) atoms. The van der Waals surface area contributed by atoms with E-state index < -0.39 is 10.6 Å². The van der Waals surface area contributed by atoms with Crippen molar-refractivity contribution < 1.29 is 4.92 Å². The zero-order chi connectivity index (χ0) is 9.84. The minimum absolute atomic E-state index is 0.114. The van der Waals surface area contributed by atoms with Crippen molar-refractivity contribution in [3.05, 3.63) is 37.8 Å². The first-order valence-electron chi connectivity index (χ1n) is 3.00. The van der Waals surface area contributed by atoms with Crippen molar-refractivity contribution in [1.82, 2.24) is 4.98 Å². The van der Waals surface area contributed by atoms with Crippen LogP contribution in [0.1, 0.15) is 0 Å². The SMILES string of the molecule is [N-]=[N+]=Nc1ncc(Cl)cc1[N+](=O)[O-]. The molecule has 0 saturated heterocycles. The van der Waals surface area contributed by atoms with Gasteiger partial charge in [-0.05, 0) is 10.6 Å². The van der Waals surface area contributed by atoms with E-state index in [1.807, 2.05) is 0 Å². The molecule has 66 valence electrons. The minimum atomic E-state index is -0.719. The molecule has 0 aromatic carbocycles. The first-order chi connectivity index (χ1) is 6.15. The van der Waals surface area contributed by atoms with E-state index in [2.05, 4.69) is 15.0 Å². The first kappa shape index (κ1) is 9.24. The van der Waals surface area contributed by atoms with Crippen LogP contribution in [-0.2, 0) is 0 Å². The number of hydrogen-bond donors (Lipinski definition) is 0. The third kappa shape index (κ3) is 2.05. The van der Waals surface area contributed by atoms with Gasteiger partial charge in [0.05, 0.1) is 9.95 Å². The lowest BCUT2D eigenvalue weighted by atomic mass is 10.4. The molecular formula is C5H2ClN5O2. The van der Waals surface area contributed by atoms with E-state index in [1.54, 1.807) is 0 Å². The molecule has 0 amide bonds. The number of pyridine rings is 1. The highest BCUT2D eigenvalue weighted by molar-refractivity contribution is 6.30. The van der Waals surface area contributed by atoms with Crippen molar-refractivity contribution in [2.45, 2.75) is 0 Å². The van der Waals surface area contributed by atoms with Crippen LogP contribution in [0.5, 0.6) is 0 Å². The molecule has 0 bridgehead atoms. The van der Waals surface area contributed by atoms with Crippen molar-refractivity contribution >= 4 is 23.1 Å². The number of nitro groups is 1. The summed E-state index contributed by atoms with van der Waals surface area (Å²) in [6.07, 6.45) is 1.17. The third-order valence-electron chi connectivity index (χ3n) is 1.15. The van der Waals surface area contributed by atoms with Gasteiger partial charge in [0, 0.05) is 17.2 Å². The molecular weight excluding hydrogens is 198 g/mol. The van der Waals surface area contributed by atoms with Crippen LogP contribution in [0.25, 0.3) is 10.4 Å². The Morgan fingerprint density at radius 3 is 3.00 bits per heavy atom. The van der Waals surface area contributed by atoms with E-state index in [0.29, 0.717) is 0 Å². The van der Waals surface area contributed by atoms with Gasteiger partial charge in [0.25, 0.3) is 5.69 Å². The standard InChI is InChI=1S/C5H2ClN5O2/c6-3-1-4(11(12)13)5(8-2-3)9-10-7/h1-2H. The van der Waals surface area contributed by atoms with Gasteiger partial charge in [-0.1, -0.05) is 11.6 Å². The molecule has 0 aliphatic rings. The molecule has 0 spiro atoms. The maximum absolute atomic E-state index is 10.4. The predicted octanol–water partition coefficient (Wildman–Crippen LogP) is 2.58. The average molecular weight is 200 g/mol. The monoisotopic (exact) mass is 199 g/mol. The van der Waals surface area contributed by atoms with Gasteiger partial charge in [-0.25, -0.2) is 4.98 Å². The van der Waals surface area contributed by atoms with Crippen molar-refractivity contribution in [2.24, 2.45) is 5.11 Å². The van der Waals surface area contributed by atoms with Crippen LogP contribution in [0.15, 0.2) is 17.4 Å². The Balaban J connectivity index is 3.34. The molecule has 0 fully saturated rings. The molecule has 1 rings (SSSR count).